The highest BCUT2D eigenvalue weighted by atomic mass is 19.1. The van der Waals surface area contributed by atoms with Crippen LogP contribution in [0.3, 0.4) is 0 Å². The summed E-state index contributed by atoms with van der Waals surface area (Å²) in [4.78, 5) is 16.0. The summed E-state index contributed by atoms with van der Waals surface area (Å²) in [6, 6.07) is 9.28. The number of pyridine rings is 2. The number of aliphatic imine (C=N–C) groups is 1. The van der Waals surface area contributed by atoms with E-state index < -0.39 is 11.6 Å². The number of nitrogens with two attached hydrogens (primary N) is 1. The maximum atomic E-state index is 15.4. The molecule has 4 rings (SSSR count). The Balaban J connectivity index is 1.97. The number of aryl methyl sites for hydroxylation is 1. The summed E-state index contributed by atoms with van der Waals surface area (Å²) >= 11 is 0. The Bertz CT molecular complexity index is 1250. The molecule has 34 heavy (non-hydrogen) atoms. The van der Waals surface area contributed by atoms with Gasteiger partial charge in [0, 0.05) is 31.3 Å². The second-order valence-corrected chi connectivity index (χ2v) is 8.35. The first-order chi connectivity index (χ1) is 16.4. The Labute approximate surface area is 198 Å². The molecule has 1 atom stereocenters. The Hall–Kier alpha value is -3.65. The van der Waals surface area contributed by atoms with Gasteiger partial charge in [-0.3, -0.25) is 4.98 Å². The van der Waals surface area contributed by atoms with Crippen molar-refractivity contribution < 1.29 is 8.78 Å². The van der Waals surface area contributed by atoms with Crippen molar-refractivity contribution in [1.29, 1.82) is 0 Å². The zero-order valence-electron chi connectivity index (χ0n) is 19.5. The molecule has 3 heterocycles. The number of nitrogens with zero attached hydrogens (tertiary/aromatic N) is 4. The maximum Gasteiger partial charge on any atom is 0.150 e. The minimum Gasteiger partial charge on any atom is -0.359 e. The van der Waals surface area contributed by atoms with E-state index in [1.54, 1.807) is 24.5 Å². The van der Waals surface area contributed by atoms with Crippen LogP contribution in [0.4, 0.5) is 20.3 Å². The van der Waals surface area contributed by atoms with Crippen molar-refractivity contribution in [3.05, 3.63) is 83.3 Å². The van der Waals surface area contributed by atoms with Crippen LogP contribution in [0.5, 0.6) is 0 Å². The highest BCUT2D eigenvalue weighted by Gasteiger charge is 2.23. The van der Waals surface area contributed by atoms with Crippen LogP contribution in [0.2, 0.25) is 0 Å². The summed E-state index contributed by atoms with van der Waals surface area (Å²) in [5, 5.41) is 3.17. The predicted molar refractivity (Wildman–Crippen MR) is 132 cm³/mol. The topological polar surface area (TPSA) is 79.4 Å². The van der Waals surface area contributed by atoms with Crippen molar-refractivity contribution in [2.45, 2.75) is 26.2 Å². The molecule has 0 saturated heterocycles. The third kappa shape index (κ3) is 4.68. The molecular formula is C26H28F2N6. The van der Waals surface area contributed by atoms with E-state index in [1.807, 2.05) is 37.9 Å². The number of benzene rings is 1. The summed E-state index contributed by atoms with van der Waals surface area (Å²) in [5.74, 6) is -0.297. The Morgan fingerprint density at radius 2 is 1.91 bits per heavy atom. The van der Waals surface area contributed by atoms with Gasteiger partial charge < -0.3 is 16.0 Å². The molecule has 3 aromatic rings. The Morgan fingerprint density at radius 1 is 1.12 bits per heavy atom. The molecule has 8 heteroatoms. The first-order valence-electron chi connectivity index (χ1n) is 11.2. The van der Waals surface area contributed by atoms with E-state index >= 15 is 4.39 Å². The number of anilines is 1. The van der Waals surface area contributed by atoms with Gasteiger partial charge in [-0.15, -0.1) is 0 Å². The fraction of sp³-hybridized carbons (Fsp3) is 0.269. The van der Waals surface area contributed by atoms with Gasteiger partial charge in [0.15, 0.2) is 0 Å². The monoisotopic (exact) mass is 462 g/mol. The predicted octanol–water partition coefficient (Wildman–Crippen LogP) is 5.13. The van der Waals surface area contributed by atoms with Crippen LogP contribution in [0.1, 0.15) is 36.1 Å². The molecule has 1 aliphatic heterocycles. The number of amidine groups is 1. The van der Waals surface area contributed by atoms with Crippen LogP contribution in [-0.4, -0.2) is 40.8 Å². The van der Waals surface area contributed by atoms with Crippen molar-refractivity contribution in [3.63, 3.8) is 0 Å². The number of hydrogen-bond acceptors (Lipinski definition) is 6. The number of hydrogen-bond donors (Lipinski definition) is 2. The average molecular weight is 463 g/mol. The second kappa shape index (κ2) is 10.1. The van der Waals surface area contributed by atoms with Gasteiger partial charge in [0.1, 0.15) is 29.0 Å². The highest BCUT2D eigenvalue weighted by molar-refractivity contribution is 6.04. The SMILES string of the molecule is Cc1ccnc2c1/N=C(/N(C)CCCN)c1cc(F)c(-c3ccccc3F)nc1N/C=C\C2C. The molecule has 1 aliphatic rings. The first-order valence-corrected chi connectivity index (χ1v) is 11.2. The van der Waals surface area contributed by atoms with Gasteiger partial charge in [0.05, 0.1) is 16.9 Å². The van der Waals surface area contributed by atoms with Crippen molar-refractivity contribution in [2.75, 3.05) is 25.5 Å². The third-order valence-electron chi connectivity index (χ3n) is 5.81. The lowest BCUT2D eigenvalue weighted by Crippen LogP contribution is -2.31. The minimum atomic E-state index is -0.636. The lowest BCUT2D eigenvalue weighted by atomic mass is 10.0. The number of allylic oxidation sites excluding steroid dienone is 1. The lowest BCUT2D eigenvalue weighted by Gasteiger charge is -2.25. The lowest BCUT2D eigenvalue weighted by molar-refractivity contribution is 0.492. The zero-order valence-corrected chi connectivity index (χ0v) is 19.5. The van der Waals surface area contributed by atoms with Crippen LogP contribution in [0, 0.1) is 18.6 Å². The van der Waals surface area contributed by atoms with Crippen molar-refractivity contribution >= 4 is 17.3 Å². The summed E-state index contributed by atoms with van der Waals surface area (Å²) in [6.45, 7) is 5.13. The number of aromatic nitrogens is 2. The van der Waals surface area contributed by atoms with E-state index in [0.29, 0.717) is 30.3 Å². The maximum absolute atomic E-state index is 15.4. The molecule has 176 valence electrons. The average Bonchev–Trinajstić information content (AvgIpc) is 2.82. The molecule has 2 aromatic heterocycles. The van der Waals surface area contributed by atoms with E-state index in [9.17, 15) is 4.39 Å². The van der Waals surface area contributed by atoms with Gasteiger partial charge in [-0.1, -0.05) is 25.1 Å². The van der Waals surface area contributed by atoms with E-state index in [0.717, 1.165) is 23.4 Å². The fourth-order valence-electron chi connectivity index (χ4n) is 3.92. The van der Waals surface area contributed by atoms with Crippen LogP contribution in [0.15, 0.2) is 59.9 Å². The smallest absolute Gasteiger partial charge is 0.150 e. The molecule has 0 saturated carbocycles. The van der Waals surface area contributed by atoms with Gasteiger partial charge in [-0.2, -0.15) is 0 Å². The summed E-state index contributed by atoms with van der Waals surface area (Å²) < 4.78 is 29.9. The quantitative estimate of drug-likeness (QED) is 0.562. The second-order valence-electron chi connectivity index (χ2n) is 8.35. The fourth-order valence-corrected chi connectivity index (χ4v) is 3.92. The summed E-state index contributed by atoms with van der Waals surface area (Å²) in [6.07, 6.45) is 6.20. The van der Waals surface area contributed by atoms with Crippen molar-refractivity contribution in [3.8, 4) is 11.3 Å². The summed E-state index contributed by atoms with van der Waals surface area (Å²) in [7, 11) is 1.89. The number of nitrogens with one attached hydrogen (secondary N) is 1. The van der Waals surface area contributed by atoms with E-state index in [1.165, 1.54) is 18.2 Å². The van der Waals surface area contributed by atoms with Crippen molar-refractivity contribution in [2.24, 2.45) is 10.7 Å². The molecule has 0 fully saturated rings. The Morgan fingerprint density at radius 3 is 2.68 bits per heavy atom. The standard InChI is InChI=1S/C26H28F2N6/c1-16-10-13-31-25-19(15-21(28)24(32-25)18-7-4-5-8-20(18)27)26(34(3)14-6-11-29)33-23-17(2)9-12-30-22(16)23/h4-5,7-10,12-13,15-16H,6,11,14,29H2,1-3H3,(H,31,32)/b13-10-,33-26+. The Kier molecular flexibility index (Phi) is 6.98. The number of rotatable bonds is 4. The van der Waals surface area contributed by atoms with Gasteiger partial charge in [-0.05, 0) is 55.9 Å². The highest BCUT2D eigenvalue weighted by Crippen LogP contribution is 2.33. The normalized spacial score (nSPS) is 17.6. The van der Waals surface area contributed by atoms with E-state index in [4.69, 9.17) is 10.7 Å². The largest absolute Gasteiger partial charge is 0.359 e. The minimum absolute atomic E-state index is 0.0326. The molecule has 0 radical (unpaired) electrons. The van der Waals surface area contributed by atoms with E-state index in [2.05, 4.69) is 15.3 Å². The van der Waals surface area contributed by atoms with Crippen LogP contribution >= 0.6 is 0 Å². The van der Waals surface area contributed by atoms with Gasteiger partial charge in [0.2, 0.25) is 0 Å². The molecule has 1 aromatic carbocycles. The van der Waals surface area contributed by atoms with Crippen LogP contribution in [-0.2, 0) is 0 Å². The summed E-state index contributed by atoms with van der Waals surface area (Å²) in [5.41, 5.74) is 8.75. The molecular weight excluding hydrogens is 434 g/mol. The molecule has 0 spiro atoms. The van der Waals surface area contributed by atoms with Crippen LogP contribution < -0.4 is 11.1 Å². The number of fused-ring (bicyclic) bond motifs is 2. The molecule has 3 N–H and O–H groups in total. The van der Waals surface area contributed by atoms with Gasteiger partial charge in [-0.25, -0.2) is 18.8 Å². The van der Waals surface area contributed by atoms with Crippen molar-refractivity contribution in [1.82, 2.24) is 14.9 Å². The molecule has 1 unspecified atom stereocenters. The first kappa shape index (κ1) is 23.5. The van der Waals surface area contributed by atoms with Gasteiger partial charge in [0.25, 0.3) is 0 Å². The molecule has 0 aliphatic carbocycles. The molecule has 0 bridgehead atoms. The number of halogens is 2. The van der Waals surface area contributed by atoms with E-state index in [-0.39, 0.29) is 17.2 Å². The van der Waals surface area contributed by atoms with Gasteiger partial charge >= 0.3 is 0 Å². The molecule has 6 nitrogen and oxygen atoms in total. The third-order valence-corrected chi connectivity index (χ3v) is 5.81. The van der Waals surface area contributed by atoms with Crippen LogP contribution in [0.25, 0.3) is 11.3 Å². The zero-order chi connectivity index (χ0) is 24.2. The molecule has 0 amide bonds.